The molecule has 0 bridgehead atoms. The fourth-order valence-electron chi connectivity index (χ4n) is 2.12. The van der Waals surface area contributed by atoms with Crippen LogP contribution in [0.15, 0.2) is 35.4 Å². The SMILES string of the molecule is Cc1nn(-c2ccccc2)c(Cl)c1/C=N/NC1NNCC(=O)N1. The molecular weight excluding hydrogens is 318 g/mol. The molecule has 9 heteroatoms. The maximum absolute atomic E-state index is 11.2. The molecule has 0 spiro atoms. The highest BCUT2D eigenvalue weighted by Gasteiger charge is 2.16. The van der Waals surface area contributed by atoms with E-state index < -0.39 is 6.29 Å². The Morgan fingerprint density at radius 2 is 2.22 bits per heavy atom. The first-order chi connectivity index (χ1) is 11.1. The maximum Gasteiger partial charge on any atom is 0.238 e. The number of rotatable bonds is 4. The molecule has 1 unspecified atom stereocenters. The second kappa shape index (κ2) is 6.78. The zero-order valence-electron chi connectivity index (χ0n) is 12.4. The van der Waals surface area contributed by atoms with E-state index in [4.69, 9.17) is 11.6 Å². The van der Waals surface area contributed by atoms with Crippen LogP contribution in [0.3, 0.4) is 0 Å². The average Bonchev–Trinajstić information content (AvgIpc) is 2.84. The van der Waals surface area contributed by atoms with Crippen molar-refractivity contribution in [1.29, 1.82) is 0 Å². The molecule has 3 rings (SSSR count). The van der Waals surface area contributed by atoms with E-state index in [2.05, 4.69) is 31.8 Å². The van der Waals surface area contributed by atoms with Crippen LogP contribution in [0, 0.1) is 6.92 Å². The molecule has 1 aromatic heterocycles. The van der Waals surface area contributed by atoms with Gasteiger partial charge in [-0.1, -0.05) is 29.8 Å². The topological polar surface area (TPSA) is 95.4 Å². The summed E-state index contributed by atoms with van der Waals surface area (Å²) >= 11 is 6.39. The van der Waals surface area contributed by atoms with Gasteiger partial charge in [-0.2, -0.15) is 10.2 Å². The number of hydrogen-bond acceptors (Lipinski definition) is 6. The molecule has 1 atom stereocenters. The van der Waals surface area contributed by atoms with Crippen molar-refractivity contribution in [3.63, 3.8) is 0 Å². The molecule has 4 N–H and O–H groups in total. The predicted octanol–water partition coefficient (Wildman–Crippen LogP) is 0.265. The van der Waals surface area contributed by atoms with Crippen molar-refractivity contribution in [3.05, 3.63) is 46.7 Å². The molecular formula is C14H16ClN7O. The second-order valence-electron chi connectivity index (χ2n) is 4.92. The number of carbonyl (C=O) groups excluding carboxylic acids is 1. The minimum atomic E-state index is -0.490. The summed E-state index contributed by atoms with van der Waals surface area (Å²) in [6.45, 7) is 2.07. The zero-order valence-corrected chi connectivity index (χ0v) is 13.1. The third-order valence-electron chi connectivity index (χ3n) is 3.25. The quantitative estimate of drug-likeness (QED) is 0.476. The van der Waals surface area contributed by atoms with Crippen LogP contribution in [0.1, 0.15) is 11.3 Å². The number of aryl methyl sites for hydroxylation is 1. The Balaban J connectivity index is 1.74. The van der Waals surface area contributed by atoms with Gasteiger partial charge in [0.15, 0.2) is 6.29 Å². The molecule has 1 amide bonds. The molecule has 1 fully saturated rings. The summed E-state index contributed by atoms with van der Waals surface area (Å²) in [5.74, 6) is -0.123. The van der Waals surface area contributed by atoms with Gasteiger partial charge >= 0.3 is 0 Å². The Kier molecular flexibility index (Phi) is 4.56. The van der Waals surface area contributed by atoms with E-state index in [-0.39, 0.29) is 12.5 Å². The van der Waals surface area contributed by atoms with Gasteiger partial charge in [-0.15, -0.1) is 0 Å². The molecule has 0 aliphatic carbocycles. The van der Waals surface area contributed by atoms with E-state index in [0.717, 1.165) is 11.4 Å². The first-order valence-corrected chi connectivity index (χ1v) is 7.40. The summed E-state index contributed by atoms with van der Waals surface area (Å²) in [6.07, 6.45) is 1.09. The van der Waals surface area contributed by atoms with E-state index in [1.54, 1.807) is 10.9 Å². The molecule has 1 aliphatic rings. The molecule has 23 heavy (non-hydrogen) atoms. The van der Waals surface area contributed by atoms with E-state index >= 15 is 0 Å². The van der Waals surface area contributed by atoms with Crippen LogP contribution in [0.5, 0.6) is 0 Å². The monoisotopic (exact) mass is 333 g/mol. The Morgan fingerprint density at radius 1 is 1.43 bits per heavy atom. The third-order valence-corrected chi connectivity index (χ3v) is 3.61. The van der Waals surface area contributed by atoms with Crippen molar-refractivity contribution in [2.75, 3.05) is 6.54 Å². The Labute approximate surface area is 137 Å². The van der Waals surface area contributed by atoms with Crippen LogP contribution in [0.25, 0.3) is 5.69 Å². The van der Waals surface area contributed by atoms with Crippen LogP contribution < -0.4 is 21.6 Å². The largest absolute Gasteiger partial charge is 0.320 e. The lowest BCUT2D eigenvalue weighted by molar-refractivity contribution is -0.123. The Hall–Kier alpha value is -2.42. The van der Waals surface area contributed by atoms with Crippen molar-refractivity contribution in [1.82, 2.24) is 31.4 Å². The van der Waals surface area contributed by atoms with E-state index in [1.807, 2.05) is 37.3 Å². The number of benzene rings is 1. The number of amides is 1. The number of hydrazone groups is 1. The van der Waals surface area contributed by atoms with Crippen molar-refractivity contribution in [3.8, 4) is 5.69 Å². The van der Waals surface area contributed by atoms with E-state index in [0.29, 0.717) is 10.7 Å². The lowest BCUT2D eigenvalue weighted by Crippen LogP contribution is -2.64. The van der Waals surface area contributed by atoms with Crippen LogP contribution in [0.4, 0.5) is 0 Å². The normalized spacial score (nSPS) is 18.2. The number of hydrazine groups is 1. The van der Waals surface area contributed by atoms with Gasteiger partial charge in [0.25, 0.3) is 0 Å². The van der Waals surface area contributed by atoms with E-state index in [9.17, 15) is 4.79 Å². The molecule has 1 saturated heterocycles. The lowest BCUT2D eigenvalue weighted by atomic mass is 10.3. The highest BCUT2D eigenvalue weighted by atomic mass is 35.5. The highest BCUT2D eigenvalue weighted by Crippen LogP contribution is 2.21. The molecule has 120 valence electrons. The summed E-state index contributed by atoms with van der Waals surface area (Å²) < 4.78 is 1.65. The van der Waals surface area contributed by atoms with Gasteiger partial charge in [-0.3, -0.25) is 10.2 Å². The minimum Gasteiger partial charge on any atom is -0.320 e. The van der Waals surface area contributed by atoms with Gasteiger partial charge in [0.05, 0.1) is 29.7 Å². The van der Waals surface area contributed by atoms with Gasteiger partial charge in [0.2, 0.25) is 5.91 Å². The molecule has 1 aliphatic heterocycles. The molecule has 1 aromatic carbocycles. The minimum absolute atomic E-state index is 0.123. The Morgan fingerprint density at radius 3 is 2.96 bits per heavy atom. The average molecular weight is 334 g/mol. The van der Waals surface area contributed by atoms with Crippen molar-refractivity contribution in [2.45, 2.75) is 13.2 Å². The number of aromatic nitrogens is 2. The predicted molar refractivity (Wildman–Crippen MR) is 87.1 cm³/mol. The fraction of sp³-hybridized carbons (Fsp3) is 0.214. The number of para-hydroxylation sites is 1. The van der Waals surface area contributed by atoms with Crippen LogP contribution in [0.2, 0.25) is 5.15 Å². The smallest absolute Gasteiger partial charge is 0.238 e. The van der Waals surface area contributed by atoms with Gasteiger partial charge in [-0.05, 0) is 19.1 Å². The summed E-state index contributed by atoms with van der Waals surface area (Å²) in [6, 6.07) is 9.61. The summed E-state index contributed by atoms with van der Waals surface area (Å²) in [5, 5.41) is 11.7. The van der Waals surface area contributed by atoms with Crippen molar-refractivity contribution in [2.24, 2.45) is 5.10 Å². The van der Waals surface area contributed by atoms with Crippen molar-refractivity contribution >= 4 is 23.7 Å². The number of nitrogens with one attached hydrogen (secondary N) is 4. The van der Waals surface area contributed by atoms with Gasteiger partial charge in [0.1, 0.15) is 5.15 Å². The third kappa shape index (κ3) is 3.50. The van der Waals surface area contributed by atoms with Crippen LogP contribution >= 0.6 is 11.6 Å². The maximum atomic E-state index is 11.2. The number of nitrogens with zero attached hydrogens (tertiary/aromatic N) is 3. The number of halogens is 1. The van der Waals surface area contributed by atoms with Gasteiger partial charge in [-0.25, -0.2) is 15.5 Å². The first kappa shape index (κ1) is 15.5. The Bertz CT molecular complexity index is 728. The fourth-order valence-corrected chi connectivity index (χ4v) is 2.44. The zero-order chi connectivity index (χ0) is 16.2. The number of hydrogen-bond donors (Lipinski definition) is 4. The standard InChI is InChI=1S/C14H16ClN7O/c1-9-11(7-16-19-14-18-12(23)8-17-20-14)13(15)22(21-9)10-5-3-2-4-6-10/h2-7,14,17,19-20H,8H2,1H3,(H,18,23)/b16-7+. The molecule has 0 radical (unpaired) electrons. The van der Waals surface area contributed by atoms with Gasteiger partial charge in [0, 0.05) is 0 Å². The number of carbonyl (C=O) groups is 1. The molecule has 0 saturated carbocycles. The molecule has 2 aromatic rings. The second-order valence-corrected chi connectivity index (χ2v) is 5.28. The highest BCUT2D eigenvalue weighted by molar-refractivity contribution is 6.32. The summed E-state index contributed by atoms with van der Waals surface area (Å²) in [7, 11) is 0. The molecule has 2 heterocycles. The summed E-state index contributed by atoms with van der Waals surface area (Å²) in [5.41, 5.74) is 10.7. The van der Waals surface area contributed by atoms with Crippen LogP contribution in [-0.4, -0.2) is 34.7 Å². The van der Waals surface area contributed by atoms with Gasteiger partial charge < -0.3 is 5.32 Å². The van der Waals surface area contributed by atoms with E-state index in [1.165, 1.54) is 0 Å². The molecule has 8 nitrogen and oxygen atoms in total. The lowest BCUT2D eigenvalue weighted by Gasteiger charge is -2.24. The van der Waals surface area contributed by atoms with Crippen molar-refractivity contribution < 1.29 is 4.79 Å². The summed E-state index contributed by atoms with van der Waals surface area (Å²) in [4.78, 5) is 11.2. The first-order valence-electron chi connectivity index (χ1n) is 7.02. The van der Waals surface area contributed by atoms with Crippen LogP contribution in [-0.2, 0) is 4.79 Å².